The zero-order chi connectivity index (χ0) is 10.4. The minimum atomic E-state index is -0.611. The molecule has 0 radical (unpaired) electrons. The summed E-state index contributed by atoms with van der Waals surface area (Å²) < 4.78 is 4.58. The van der Waals surface area contributed by atoms with Crippen molar-refractivity contribution < 1.29 is 9.53 Å². The number of aromatic amines is 1. The second-order valence-corrected chi connectivity index (χ2v) is 2.28. The van der Waals surface area contributed by atoms with Crippen LogP contribution >= 0.6 is 0 Å². The maximum Gasteiger partial charge on any atom is 0.384 e. The van der Waals surface area contributed by atoms with Gasteiger partial charge in [-0.05, 0) is 18.9 Å². The van der Waals surface area contributed by atoms with Gasteiger partial charge in [0.2, 0.25) is 0 Å². The molecule has 0 aliphatic heterocycles. The molecule has 0 spiro atoms. The quantitative estimate of drug-likeness (QED) is 0.489. The van der Waals surface area contributed by atoms with Crippen LogP contribution in [-0.2, 0) is 9.53 Å². The molecule has 5 heteroatoms. The van der Waals surface area contributed by atoms with Gasteiger partial charge in [-0.25, -0.2) is 9.89 Å². The molecule has 1 aromatic heterocycles. The summed E-state index contributed by atoms with van der Waals surface area (Å²) in [7, 11) is 0. The summed E-state index contributed by atoms with van der Waals surface area (Å²) in [6, 6.07) is 2.70. The third kappa shape index (κ3) is 3.11. The fourth-order valence-electron chi connectivity index (χ4n) is 0.696. The van der Waals surface area contributed by atoms with Crippen molar-refractivity contribution in [2.75, 3.05) is 6.61 Å². The van der Waals surface area contributed by atoms with E-state index in [0.717, 1.165) is 0 Å². The number of carbonyl (C=O) groups is 1. The molecule has 1 rings (SSSR count). The largest absolute Gasteiger partial charge is 0.456 e. The van der Waals surface area contributed by atoms with Crippen LogP contribution in [0.5, 0.6) is 0 Å². The van der Waals surface area contributed by atoms with E-state index in [9.17, 15) is 9.59 Å². The third-order valence-electron chi connectivity index (χ3n) is 1.25. The van der Waals surface area contributed by atoms with Crippen molar-refractivity contribution >= 4 is 5.97 Å². The minimum Gasteiger partial charge on any atom is -0.456 e. The summed E-state index contributed by atoms with van der Waals surface area (Å²) >= 11 is 0. The SMILES string of the molecule is CCOC(=O)C#Cc1ccc(=O)[nH]n1. The molecular formula is C9H8N2O3. The Hall–Kier alpha value is -2.09. The van der Waals surface area contributed by atoms with E-state index < -0.39 is 5.97 Å². The van der Waals surface area contributed by atoms with E-state index in [1.165, 1.54) is 12.1 Å². The number of nitrogens with one attached hydrogen (secondary N) is 1. The Morgan fingerprint density at radius 3 is 3.00 bits per heavy atom. The molecule has 0 fully saturated rings. The van der Waals surface area contributed by atoms with Crippen LogP contribution in [0.25, 0.3) is 0 Å². The highest BCUT2D eigenvalue weighted by Crippen LogP contribution is 1.84. The van der Waals surface area contributed by atoms with Crippen LogP contribution < -0.4 is 5.56 Å². The molecule has 0 atom stereocenters. The molecule has 0 amide bonds. The Kier molecular flexibility index (Phi) is 3.44. The van der Waals surface area contributed by atoms with Crippen molar-refractivity contribution in [3.8, 4) is 11.8 Å². The van der Waals surface area contributed by atoms with Gasteiger partial charge in [-0.3, -0.25) is 4.79 Å². The molecule has 0 saturated heterocycles. The topological polar surface area (TPSA) is 72.1 Å². The average Bonchev–Trinajstić information content (AvgIpc) is 2.17. The minimum absolute atomic E-state index is 0.284. The van der Waals surface area contributed by atoms with Gasteiger partial charge < -0.3 is 4.74 Å². The van der Waals surface area contributed by atoms with Crippen LogP contribution in [0.2, 0.25) is 0 Å². The lowest BCUT2D eigenvalue weighted by atomic mass is 10.4. The first-order valence-electron chi connectivity index (χ1n) is 3.97. The first-order valence-corrected chi connectivity index (χ1v) is 3.97. The van der Waals surface area contributed by atoms with Crippen molar-refractivity contribution in [2.24, 2.45) is 0 Å². The van der Waals surface area contributed by atoms with Gasteiger partial charge in [-0.1, -0.05) is 0 Å². The van der Waals surface area contributed by atoms with Crippen LogP contribution in [0.4, 0.5) is 0 Å². The molecular weight excluding hydrogens is 184 g/mol. The fraction of sp³-hybridized carbons (Fsp3) is 0.222. The Balaban J connectivity index is 2.73. The average molecular weight is 192 g/mol. The van der Waals surface area contributed by atoms with E-state index in [1.54, 1.807) is 6.92 Å². The molecule has 0 aliphatic rings. The number of hydrogen-bond acceptors (Lipinski definition) is 4. The van der Waals surface area contributed by atoms with Gasteiger partial charge in [0.15, 0.2) is 0 Å². The van der Waals surface area contributed by atoms with Crippen molar-refractivity contribution in [1.82, 2.24) is 10.2 Å². The smallest absolute Gasteiger partial charge is 0.384 e. The van der Waals surface area contributed by atoms with Crippen LogP contribution in [0.15, 0.2) is 16.9 Å². The monoisotopic (exact) mass is 192 g/mol. The fourth-order valence-corrected chi connectivity index (χ4v) is 0.696. The third-order valence-corrected chi connectivity index (χ3v) is 1.25. The summed E-state index contributed by atoms with van der Waals surface area (Å²) in [5, 5.41) is 5.79. The van der Waals surface area contributed by atoms with Gasteiger partial charge in [0.25, 0.3) is 5.56 Å². The number of nitrogens with zero attached hydrogens (tertiary/aromatic N) is 1. The van der Waals surface area contributed by atoms with Crippen molar-refractivity contribution in [3.05, 3.63) is 28.2 Å². The van der Waals surface area contributed by atoms with Gasteiger partial charge >= 0.3 is 5.97 Å². The number of hydrogen-bond donors (Lipinski definition) is 1. The standard InChI is InChI=1S/C9H8N2O3/c1-2-14-9(13)6-4-7-3-5-8(12)11-10-7/h3,5H,2H2,1H3,(H,11,12). The van der Waals surface area contributed by atoms with Gasteiger partial charge in [0, 0.05) is 12.0 Å². The summed E-state index contributed by atoms with van der Waals surface area (Å²) in [4.78, 5) is 21.4. The van der Waals surface area contributed by atoms with Crippen molar-refractivity contribution in [3.63, 3.8) is 0 Å². The van der Waals surface area contributed by atoms with Crippen molar-refractivity contribution in [1.29, 1.82) is 0 Å². The number of carbonyl (C=O) groups excluding carboxylic acids is 1. The van der Waals surface area contributed by atoms with Gasteiger partial charge in [0.1, 0.15) is 5.69 Å². The second kappa shape index (κ2) is 4.82. The van der Waals surface area contributed by atoms with Crippen LogP contribution in [-0.4, -0.2) is 22.8 Å². The van der Waals surface area contributed by atoms with E-state index in [4.69, 9.17) is 0 Å². The molecule has 14 heavy (non-hydrogen) atoms. The van der Waals surface area contributed by atoms with Crippen molar-refractivity contribution in [2.45, 2.75) is 6.92 Å². The Bertz CT molecular complexity index is 419. The Morgan fingerprint density at radius 2 is 2.43 bits per heavy atom. The van der Waals surface area contributed by atoms with Gasteiger partial charge in [0.05, 0.1) is 6.61 Å². The molecule has 1 heterocycles. The van der Waals surface area contributed by atoms with E-state index >= 15 is 0 Å². The summed E-state index contributed by atoms with van der Waals surface area (Å²) in [6.45, 7) is 1.98. The highest BCUT2D eigenvalue weighted by molar-refractivity contribution is 5.88. The molecule has 0 aromatic carbocycles. The number of ether oxygens (including phenoxy) is 1. The molecule has 0 saturated carbocycles. The van der Waals surface area contributed by atoms with Gasteiger partial charge in [-0.2, -0.15) is 5.10 Å². The van der Waals surface area contributed by atoms with E-state index in [-0.39, 0.29) is 12.2 Å². The predicted molar refractivity (Wildman–Crippen MR) is 48.4 cm³/mol. The van der Waals surface area contributed by atoms with Gasteiger partial charge in [-0.15, -0.1) is 0 Å². The maximum atomic E-state index is 10.8. The van der Waals surface area contributed by atoms with E-state index in [2.05, 4.69) is 26.8 Å². The normalized spacial score (nSPS) is 8.64. The lowest BCUT2D eigenvalue weighted by molar-refractivity contribution is -0.136. The molecule has 72 valence electrons. The molecule has 0 unspecified atom stereocenters. The molecule has 1 N–H and O–H groups in total. The lowest BCUT2D eigenvalue weighted by Crippen LogP contribution is -2.06. The number of rotatable bonds is 1. The highest BCUT2D eigenvalue weighted by Gasteiger charge is 1.93. The first-order chi connectivity index (χ1) is 6.72. The Labute approximate surface area is 80.1 Å². The second-order valence-electron chi connectivity index (χ2n) is 2.28. The van der Waals surface area contributed by atoms with E-state index in [0.29, 0.717) is 5.69 Å². The van der Waals surface area contributed by atoms with Crippen LogP contribution in [0.1, 0.15) is 12.6 Å². The number of esters is 1. The summed E-state index contributed by atoms with van der Waals surface area (Å²) in [5.74, 6) is 4.06. The molecule has 1 aromatic rings. The highest BCUT2D eigenvalue weighted by atomic mass is 16.5. The number of H-pyrrole nitrogens is 1. The van der Waals surface area contributed by atoms with Crippen LogP contribution in [0.3, 0.4) is 0 Å². The molecule has 0 bridgehead atoms. The zero-order valence-corrected chi connectivity index (χ0v) is 7.53. The molecule has 5 nitrogen and oxygen atoms in total. The Morgan fingerprint density at radius 1 is 1.64 bits per heavy atom. The first kappa shape index (κ1) is 9.99. The molecule has 0 aliphatic carbocycles. The van der Waals surface area contributed by atoms with E-state index in [1.807, 2.05) is 0 Å². The number of aromatic nitrogens is 2. The van der Waals surface area contributed by atoms with Crippen LogP contribution in [0, 0.1) is 11.8 Å². The summed E-state index contributed by atoms with van der Waals surface area (Å²) in [6.07, 6.45) is 0. The summed E-state index contributed by atoms with van der Waals surface area (Å²) in [5.41, 5.74) is 0.00402. The zero-order valence-electron chi connectivity index (χ0n) is 7.53. The predicted octanol–water partition coefficient (Wildman–Crippen LogP) is -0.316. The maximum absolute atomic E-state index is 10.8. The lowest BCUT2D eigenvalue weighted by Gasteiger charge is -1.90.